The Morgan fingerprint density at radius 2 is 2.18 bits per heavy atom. The normalized spacial score (nSPS) is 20.8. The lowest BCUT2D eigenvalue weighted by atomic mass is 9.85. The first-order chi connectivity index (χ1) is 8.15. The summed E-state index contributed by atoms with van der Waals surface area (Å²) in [5.41, 5.74) is 5.46. The Hall–Kier alpha value is -1.57. The van der Waals surface area contributed by atoms with Crippen molar-refractivity contribution < 1.29 is 9.53 Å². The van der Waals surface area contributed by atoms with E-state index < -0.39 is 0 Å². The van der Waals surface area contributed by atoms with E-state index in [-0.39, 0.29) is 5.97 Å². The summed E-state index contributed by atoms with van der Waals surface area (Å²) in [6, 6.07) is 4.06. The van der Waals surface area contributed by atoms with Crippen molar-refractivity contribution in [1.82, 2.24) is 0 Å². The minimum atomic E-state index is -0.233. The first-order valence-corrected chi connectivity index (χ1v) is 6.19. The molecule has 1 aromatic rings. The number of carbonyl (C=O) groups excluding carboxylic acids is 1. The molecule has 0 saturated carbocycles. The molecule has 17 heavy (non-hydrogen) atoms. The van der Waals surface area contributed by atoms with Crippen LogP contribution >= 0.6 is 0 Å². The van der Waals surface area contributed by atoms with E-state index in [4.69, 9.17) is 4.74 Å². The summed E-state index contributed by atoms with van der Waals surface area (Å²) in [7, 11) is 0. The van der Waals surface area contributed by atoms with Crippen LogP contribution in [0.1, 0.15) is 37.0 Å². The number of benzene rings is 1. The molecule has 0 bridgehead atoms. The van der Waals surface area contributed by atoms with Crippen molar-refractivity contribution in [3.05, 3.63) is 34.9 Å². The van der Waals surface area contributed by atoms with E-state index in [9.17, 15) is 4.79 Å². The molecular formula is C15H16O2. The Morgan fingerprint density at radius 1 is 1.35 bits per heavy atom. The van der Waals surface area contributed by atoms with Crippen molar-refractivity contribution in [1.29, 1.82) is 0 Å². The lowest BCUT2D eigenvalue weighted by molar-refractivity contribution is -0.131. The predicted molar refractivity (Wildman–Crippen MR) is 66.9 cm³/mol. The highest BCUT2D eigenvalue weighted by atomic mass is 16.5. The van der Waals surface area contributed by atoms with E-state index in [0.29, 0.717) is 5.92 Å². The van der Waals surface area contributed by atoms with E-state index in [1.165, 1.54) is 29.2 Å². The number of rotatable bonds is 1. The van der Waals surface area contributed by atoms with Crippen LogP contribution in [-0.4, -0.2) is 5.97 Å². The van der Waals surface area contributed by atoms with E-state index in [1.54, 1.807) is 0 Å². The summed E-state index contributed by atoms with van der Waals surface area (Å²) < 4.78 is 5.33. The second-order valence-corrected chi connectivity index (χ2v) is 5.04. The van der Waals surface area contributed by atoms with Crippen LogP contribution in [0, 0.1) is 5.92 Å². The summed E-state index contributed by atoms with van der Waals surface area (Å²) in [5.74, 6) is 1.07. The van der Waals surface area contributed by atoms with Gasteiger partial charge in [0.25, 0.3) is 0 Å². The highest BCUT2D eigenvalue weighted by Crippen LogP contribution is 2.43. The average Bonchev–Trinajstić information content (AvgIpc) is 2.65. The third kappa shape index (κ3) is 1.68. The average molecular weight is 228 g/mol. The highest BCUT2D eigenvalue weighted by Gasteiger charge is 2.27. The molecule has 1 atom stereocenters. The summed E-state index contributed by atoms with van der Waals surface area (Å²) in [5, 5.41) is 0. The maximum atomic E-state index is 11.1. The van der Waals surface area contributed by atoms with Gasteiger partial charge < -0.3 is 4.74 Å². The number of aryl methyl sites for hydroxylation is 1. The minimum Gasteiger partial charge on any atom is -0.426 e. The number of allylic oxidation sites excluding steroid dienone is 2. The zero-order valence-corrected chi connectivity index (χ0v) is 10.2. The molecule has 0 heterocycles. The standard InChI is InChI=1S/C15H16O2/c1-9-7-12-4-3-11-5-6-14(17-10(2)16)13(8-9)15(11)12/h5-7,9H,3-4,8H2,1-2H3. The van der Waals surface area contributed by atoms with E-state index in [2.05, 4.69) is 19.1 Å². The zero-order chi connectivity index (χ0) is 12.0. The smallest absolute Gasteiger partial charge is 0.308 e. The molecule has 0 saturated heterocycles. The predicted octanol–water partition coefficient (Wildman–Crippen LogP) is 3.13. The van der Waals surface area contributed by atoms with Crippen LogP contribution in [0.3, 0.4) is 0 Å². The Bertz CT molecular complexity index is 526. The molecule has 1 unspecified atom stereocenters. The molecule has 88 valence electrons. The van der Waals surface area contributed by atoms with Gasteiger partial charge in [0.15, 0.2) is 0 Å². The second kappa shape index (κ2) is 3.73. The zero-order valence-electron chi connectivity index (χ0n) is 10.2. The van der Waals surface area contributed by atoms with Gasteiger partial charge in [0.05, 0.1) is 0 Å². The van der Waals surface area contributed by atoms with Crippen molar-refractivity contribution in [2.24, 2.45) is 5.92 Å². The van der Waals surface area contributed by atoms with Gasteiger partial charge in [-0.25, -0.2) is 0 Å². The minimum absolute atomic E-state index is 0.233. The largest absolute Gasteiger partial charge is 0.426 e. The van der Waals surface area contributed by atoms with Crippen LogP contribution in [0.5, 0.6) is 5.75 Å². The third-order valence-corrected chi connectivity index (χ3v) is 3.61. The lowest BCUT2D eigenvalue weighted by Gasteiger charge is -2.21. The van der Waals surface area contributed by atoms with Crippen molar-refractivity contribution >= 4 is 11.5 Å². The van der Waals surface area contributed by atoms with Gasteiger partial charge in [-0.3, -0.25) is 4.79 Å². The lowest BCUT2D eigenvalue weighted by Crippen LogP contribution is -2.11. The number of carbonyl (C=O) groups is 1. The van der Waals surface area contributed by atoms with E-state index in [0.717, 1.165) is 25.0 Å². The van der Waals surface area contributed by atoms with Gasteiger partial charge in [-0.05, 0) is 47.9 Å². The van der Waals surface area contributed by atoms with Gasteiger partial charge in [-0.1, -0.05) is 19.1 Å². The summed E-state index contributed by atoms with van der Waals surface area (Å²) in [6.45, 7) is 3.68. The highest BCUT2D eigenvalue weighted by molar-refractivity contribution is 5.80. The summed E-state index contributed by atoms with van der Waals surface area (Å²) in [6.07, 6.45) is 5.61. The Balaban J connectivity index is 2.15. The molecule has 0 fully saturated rings. The molecule has 0 spiro atoms. The maximum absolute atomic E-state index is 11.1. The van der Waals surface area contributed by atoms with Crippen LogP contribution in [-0.2, 0) is 17.6 Å². The number of hydrogen-bond acceptors (Lipinski definition) is 2. The van der Waals surface area contributed by atoms with Crippen molar-refractivity contribution in [2.45, 2.75) is 33.1 Å². The topological polar surface area (TPSA) is 26.3 Å². The van der Waals surface area contributed by atoms with Crippen molar-refractivity contribution in [2.75, 3.05) is 0 Å². The SMILES string of the molecule is CC(=O)Oc1ccc2c3c1CC(C)C=C3CC2. The van der Waals surface area contributed by atoms with Gasteiger partial charge in [0, 0.05) is 12.5 Å². The van der Waals surface area contributed by atoms with E-state index in [1.807, 2.05) is 6.07 Å². The Morgan fingerprint density at radius 3 is 2.94 bits per heavy atom. The van der Waals surface area contributed by atoms with Crippen molar-refractivity contribution in [3.63, 3.8) is 0 Å². The fraction of sp³-hybridized carbons (Fsp3) is 0.400. The number of ether oxygens (including phenoxy) is 1. The fourth-order valence-electron chi connectivity index (χ4n) is 3.02. The number of esters is 1. The molecule has 0 amide bonds. The fourth-order valence-corrected chi connectivity index (χ4v) is 3.02. The van der Waals surface area contributed by atoms with Crippen LogP contribution in [0.4, 0.5) is 0 Å². The first-order valence-electron chi connectivity index (χ1n) is 6.19. The van der Waals surface area contributed by atoms with Crippen molar-refractivity contribution in [3.8, 4) is 5.75 Å². The van der Waals surface area contributed by atoms with Crippen LogP contribution in [0.2, 0.25) is 0 Å². The molecule has 0 aliphatic heterocycles. The van der Waals surface area contributed by atoms with E-state index >= 15 is 0 Å². The first kappa shape index (κ1) is 10.6. The summed E-state index contributed by atoms with van der Waals surface area (Å²) in [4.78, 5) is 11.1. The molecule has 0 N–H and O–H groups in total. The molecule has 2 aliphatic rings. The molecule has 0 aromatic heterocycles. The van der Waals surface area contributed by atoms with Crippen LogP contribution < -0.4 is 4.74 Å². The van der Waals surface area contributed by atoms with Crippen LogP contribution in [0.25, 0.3) is 5.57 Å². The van der Waals surface area contributed by atoms with Crippen LogP contribution in [0.15, 0.2) is 18.2 Å². The summed E-state index contributed by atoms with van der Waals surface area (Å²) >= 11 is 0. The third-order valence-electron chi connectivity index (χ3n) is 3.61. The van der Waals surface area contributed by atoms with Gasteiger partial charge in [0.1, 0.15) is 5.75 Å². The molecular weight excluding hydrogens is 212 g/mol. The maximum Gasteiger partial charge on any atom is 0.308 e. The quantitative estimate of drug-likeness (QED) is 0.545. The Labute approximate surface area is 101 Å². The van der Waals surface area contributed by atoms with Gasteiger partial charge in [-0.15, -0.1) is 0 Å². The second-order valence-electron chi connectivity index (χ2n) is 5.04. The van der Waals surface area contributed by atoms with Gasteiger partial charge >= 0.3 is 5.97 Å². The monoisotopic (exact) mass is 228 g/mol. The van der Waals surface area contributed by atoms with Gasteiger partial charge in [-0.2, -0.15) is 0 Å². The number of hydrogen-bond donors (Lipinski definition) is 0. The molecule has 2 nitrogen and oxygen atoms in total. The molecule has 1 aromatic carbocycles. The molecule has 0 radical (unpaired) electrons. The Kier molecular flexibility index (Phi) is 2.32. The molecule has 2 heteroatoms. The molecule has 2 aliphatic carbocycles. The molecule has 3 rings (SSSR count). The van der Waals surface area contributed by atoms with Gasteiger partial charge in [0.2, 0.25) is 0 Å².